The minimum atomic E-state index is -0.363. The average molecular weight is 386 g/mol. The molecule has 28 heavy (non-hydrogen) atoms. The molecule has 0 aliphatic carbocycles. The predicted octanol–water partition coefficient (Wildman–Crippen LogP) is 0.960. The number of nitro groups is 1. The Morgan fingerprint density at radius 3 is 2.04 bits per heavy atom. The highest BCUT2D eigenvalue weighted by molar-refractivity contribution is 5.33. The maximum Gasteiger partial charge on any atom is 0.269 e. The van der Waals surface area contributed by atoms with Gasteiger partial charge in [-0.2, -0.15) is 0 Å². The van der Waals surface area contributed by atoms with Crippen LogP contribution in [-0.2, 0) is 6.42 Å². The second-order valence-electron chi connectivity index (χ2n) is 6.51. The number of pyridine rings is 1. The molecule has 1 aliphatic rings. The third-order valence-corrected chi connectivity index (χ3v) is 4.28. The van der Waals surface area contributed by atoms with Crippen LogP contribution in [0.1, 0.15) is 5.56 Å². The number of non-ortho nitro benzene ring substituents is 1. The van der Waals surface area contributed by atoms with E-state index in [4.69, 9.17) is 0 Å². The standard InChI is InChI=1S/C15H25N5O2.C5H5N/c21-20(22)15-3-1-13(2-4-15)11-14-12-18-8-7-16-5-6-17-9-10-19-14;1-2-4-6-5-3-1/h1-4,14,16-19H,5-12H2;1-5H/t14-;/m0./s1. The van der Waals surface area contributed by atoms with Gasteiger partial charge in [0.15, 0.2) is 0 Å². The van der Waals surface area contributed by atoms with Crippen LogP contribution >= 0.6 is 0 Å². The fourth-order valence-corrected chi connectivity index (χ4v) is 2.81. The van der Waals surface area contributed by atoms with Crippen molar-refractivity contribution in [1.82, 2.24) is 26.3 Å². The molecule has 1 aromatic heterocycles. The Morgan fingerprint density at radius 1 is 0.893 bits per heavy atom. The highest BCUT2D eigenvalue weighted by Crippen LogP contribution is 2.13. The Kier molecular flexibility index (Phi) is 10.7. The number of nitrogens with zero attached hydrogens (tertiary/aromatic N) is 2. The van der Waals surface area contributed by atoms with E-state index in [1.807, 2.05) is 30.3 Å². The maximum atomic E-state index is 10.7. The largest absolute Gasteiger partial charge is 0.314 e. The van der Waals surface area contributed by atoms with Gasteiger partial charge in [-0.15, -0.1) is 0 Å². The molecule has 8 nitrogen and oxygen atoms in total. The summed E-state index contributed by atoms with van der Waals surface area (Å²) in [6.07, 6.45) is 4.36. The van der Waals surface area contributed by atoms with E-state index >= 15 is 0 Å². The molecule has 8 heteroatoms. The molecule has 0 spiro atoms. The van der Waals surface area contributed by atoms with Crippen LogP contribution < -0.4 is 21.3 Å². The third kappa shape index (κ3) is 9.52. The minimum Gasteiger partial charge on any atom is -0.314 e. The Labute approximate surface area is 166 Å². The van der Waals surface area contributed by atoms with Gasteiger partial charge in [-0.3, -0.25) is 15.1 Å². The van der Waals surface area contributed by atoms with E-state index in [-0.39, 0.29) is 10.6 Å². The van der Waals surface area contributed by atoms with E-state index in [9.17, 15) is 10.1 Å². The predicted molar refractivity (Wildman–Crippen MR) is 111 cm³/mol. The van der Waals surface area contributed by atoms with Crippen LogP contribution in [0, 0.1) is 10.1 Å². The first kappa shape index (κ1) is 21.9. The molecule has 3 rings (SSSR count). The summed E-state index contributed by atoms with van der Waals surface area (Å²) in [7, 11) is 0. The molecule has 152 valence electrons. The molecule has 0 saturated carbocycles. The highest BCUT2D eigenvalue weighted by atomic mass is 16.6. The lowest BCUT2D eigenvalue weighted by molar-refractivity contribution is -0.384. The molecule has 1 aliphatic heterocycles. The minimum absolute atomic E-state index is 0.142. The summed E-state index contributed by atoms with van der Waals surface area (Å²) in [5.74, 6) is 0. The van der Waals surface area contributed by atoms with Crippen LogP contribution in [0.15, 0.2) is 54.9 Å². The molecule has 0 bridgehead atoms. The summed E-state index contributed by atoms with van der Waals surface area (Å²) in [6, 6.07) is 12.9. The Bertz CT molecular complexity index is 615. The Hall–Kier alpha value is -2.39. The van der Waals surface area contributed by atoms with E-state index < -0.39 is 0 Å². The maximum absolute atomic E-state index is 10.7. The topological polar surface area (TPSA) is 104 Å². The van der Waals surface area contributed by atoms with Crippen molar-refractivity contribution in [3.8, 4) is 0 Å². The monoisotopic (exact) mass is 386 g/mol. The van der Waals surface area contributed by atoms with Crippen molar-refractivity contribution in [2.75, 3.05) is 45.8 Å². The van der Waals surface area contributed by atoms with Crippen LogP contribution in [-0.4, -0.2) is 61.8 Å². The van der Waals surface area contributed by atoms with Crippen LogP contribution in [0.5, 0.6) is 0 Å². The van der Waals surface area contributed by atoms with E-state index in [0.29, 0.717) is 6.04 Å². The molecule has 0 unspecified atom stereocenters. The molecule has 1 fully saturated rings. The zero-order valence-electron chi connectivity index (χ0n) is 16.1. The number of aromatic nitrogens is 1. The normalized spacial score (nSPS) is 18.6. The van der Waals surface area contributed by atoms with Gasteiger partial charge in [0.25, 0.3) is 5.69 Å². The van der Waals surface area contributed by atoms with Gasteiger partial charge in [-0.05, 0) is 24.1 Å². The van der Waals surface area contributed by atoms with Crippen LogP contribution in [0.2, 0.25) is 0 Å². The van der Waals surface area contributed by atoms with Crippen molar-refractivity contribution in [3.63, 3.8) is 0 Å². The number of hydrogen-bond acceptors (Lipinski definition) is 7. The van der Waals surface area contributed by atoms with E-state index in [1.54, 1.807) is 24.5 Å². The van der Waals surface area contributed by atoms with E-state index in [2.05, 4.69) is 26.3 Å². The lowest BCUT2D eigenvalue weighted by Crippen LogP contribution is -2.46. The van der Waals surface area contributed by atoms with Crippen molar-refractivity contribution >= 4 is 5.69 Å². The number of hydrogen-bond donors (Lipinski definition) is 4. The fourth-order valence-electron chi connectivity index (χ4n) is 2.81. The molecule has 1 aromatic carbocycles. The second kappa shape index (κ2) is 13.7. The van der Waals surface area contributed by atoms with E-state index in [0.717, 1.165) is 57.8 Å². The summed E-state index contributed by atoms with van der Waals surface area (Å²) in [4.78, 5) is 14.1. The van der Waals surface area contributed by atoms with Crippen LogP contribution in [0.3, 0.4) is 0 Å². The first-order valence-electron chi connectivity index (χ1n) is 9.69. The van der Waals surface area contributed by atoms with Crippen molar-refractivity contribution < 1.29 is 4.92 Å². The SMILES string of the molecule is O=[N+]([O-])c1ccc(C[C@H]2CNCCNCCNCCN2)cc1.c1ccncc1. The van der Waals surface area contributed by atoms with E-state index in [1.165, 1.54) is 0 Å². The van der Waals surface area contributed by atoms with Gasteiger partial charge < -0.3 is 21.3 Å². The van der Waals surface area contributed by atoms with Crippen LogP contribution in [0.25, 0.3) is 0 Å². The zero-order valence-corrected chi connectivity index (χ0v) is 16.1. The smallest absolute Gasteiger partial charge is 0.269 e. The zero-order chi connectivity index (χ0) is 19.9. The number of benzene rings is 1. The lowest BCUT2D eigenvalue weighted by atomic mass is 10.1. The molecule has 0 radical (unpaired) electrons. The van der Waals surface area contributed by atoms with Crippen molar-refractivity contribution in [3.05, 3.63) is 70.5 Å². The Morgan fingerprint density at radius 2 is 1.50 bits per heavy atom. The summed E-state index contributed by atoms with van der Waals surface area (Å²) in [6.45, 7) is 6.63. The third-order valence-electron chi connectivity index (χ3n) is 4.28. The molecular weight excluding hydrogens is 356 g/mol. The van der Waals surface area contributed by atoms with Gasteiger partial charge in [-0.1, -0.05) is 18.2 Å². The number of nitro benzene ring substituents is 1. The van der Waals surface area contributed by atoms with Crippen molar-refractivity contribution in [1.29, 1.82) is 0 Å². The summed E-state index contributed by atoms with van der Waals surface area (Å²) in [5.41, 5.74) is 1.26. The summed E-state index contributed by atoms with van der Waals surface area (Å²) < 4.78 is 0. The average Bonchev–Trinajstić information content (AvgIpc) is 2.72. The number of rotatable bonds is 3. The molecular formula is C20H30N6O2. The summed E-state index contributed by atoms with van der Waals surface area (Å²) in [5, 5.41) is 24.4. The fraction of sp³-hybridized carbons (Fsp3) is 0.450. The molecule has 2 aromatic rings. The van der Waals surface area contributed by atoms with Gasteiger partial charge in [0.1, 0.15) is 0 Å². The van der Waals surface area contributed by atoms with Gasteiger partial charge in [0.2, 0.25) is 0 Å². The van der Waals surface area contributed by atoms with Gasteiger partial charge in [-0.25, -0.2) is 0 Å². The lowest BCUT2D eigenvalue weighted by Gasteiger charge is -2.21. The second-order valence-corrected chi connectivity index (χ2v) is 6.51. The molecule has 4 N–H and O–H groups in total. The van der Waals surface area contributed by atoms with Gasteiger partial charge >= 0.3 is 0 Å². The molecule has 1 saturated heterocycles. The summed E-state index contributed by atoms with van der Waals surface area (Å²) >= 11 is 0. The van der Waals surface area contributed by atoms with Gasteiger partial charge in [0.05, 0.1) is 4.92 Å². The molecule has 0 amide bonds. The molecule has 2 heterocycles. The van der Waals surface area contributed by atoms with Crippen LogP contribution in [0.4, 0.5) is 5.69 Å². The quantitative estimate of drug-likeness (QED) is 0.460. The van der Waals surface area contributed by atoms with Gasteiger partial charge in [0, 0.05) is 76.4 Å². The first-order valence-corrected chi connectivity index (χ1v) is 9.69. The highest BCUT2D eigenvalue weighted by Gasteiger charge is 2.11. The van der Waals surface area contributed by atoms with Crippen molar-refractivity contribution in [2.24, 2.45) is 0 Å². The Balaban J connectivity index is 0.000000397. The molecule has 1 atom stereocenters. The number of nitrogens with one attached hydrogen (secondary N) is 4. The first-order chi connectivity index (χ1) is 13.8. The van der Waals surface area contributed by atoms with Crippen molar-refractivity contribution in [2.45, 2.75) is 12.5 Å².